The van der Waals surface area contributed by atoms with E-state index in [1.165, 1.54) is 6.92 Å². The molecule has 0 atom stereocenters. The van der Waals surface area contributed by atoms with Crippen molar-refractivity contribution in [2.24, 2.45) is 0 Å². The summed E-state index contributed by atoms with van der Waals surface area (Å²) in [6.45, 7) is 5.04. The average Bonchev–Trinajstić information content (AvgIpc) is 2.67. The van der Waals surface area contributed by atoms with Crippen molar-refractivity contribution in [3.8, 4) is 11.5 Å². The van der Waals surface area contributed by atoms with Crippen LogP contribution in [0.25, 0.3) is 0 Å². The van der Waals surface area contributed by atoms with Crippen molar-refractivity contribution in [1.29, 1.82) is 0 Å². The standard InChI is InChI=1S/C21H26N2O4/c1-16-6-4-5-7-20(16)21(25)22-12-13-23(17(2)24)14-15-27-19-10-8-18(26-3)9-11-19/h4-11H,12-15H2,1-3H3,(H,22,25). The first-order chi connectivity index (χ1) is 13.0. The summed E-state index contributed by atoms with van der Waals surface area (Å²) < 4.78 is 10.8. The van der Waals surface area contributed by atoms with E-state index in [0.29, 0.717) is 37.6 Å². The molecule has 0 fully saturated rings. The molecule has 0 saturated carbocycles. The van der Waals surface area contributed by atoms with Crippen LogP contribution in [0.3, 0.4) is 0 Å². The fourth-order valence-corrected chi connectivity index (χ4v) is 2.60. The predicted molar refractivity (Wildman–Crippen MR) is 104 cm³/mol. The summed E-state index contributed by atoms with van der Waals surface area (Å²) in [6.07, 6.45) is 0. The molecule has 0 radical (unpaired) electrons. The summed E-state index contributed by atoms with van der Waals surface area (Å²) in [5.41, 5.74) is 1.57. The van der Waals surface area contributed by atoms with E-state index in [2.05, 4.69) is 5.32 Å². The van der Waals surface area contributed by atoms with Crippen LogP contribution in [0.4, 0.5) is 0 Å². The quantitative estimate of drug-likeness (QED) is 0.737. The Morgan fingerprint density at radius 2 is 1.67 bits per heavy atom. The molecular weight excluding hydrogens is 344 g/mol. The Kier molecular flexibility index (Phi) is 7.67. The predicted octanol–water partition coefficient (Wildman–Crippen LogP) is 2.66. The zero-order valence-electron chi connectivity index (χ0n) is 16.0. The van der Waals surface area contributed by atoms with Gasteiger partial charge in [-0.15, -0.1) is 0 Å². The Morgan fingerprint density at radius 1 is 1.00 bits per heavy atom. The van der Waals surface area contributed by atoms with Gasteiger partial charge >= 0.3 is 0 Å². The molecule has 0 saturated heterocycles. The molecule has 0 aromatic heterocycles. The summed E-state index contributed by atoms with van der Waals surface area (Å²) in [5.74, 6) is 1.29. The van der Waals surface area contributed by atoms with Gasteiger partial charge in [-0.05, 0) is 42.8 Å². The van der Waals surface area contributed by atoms with Gasteiger partial charge in [0.15, 0.2) is 0 Å². The molecule has 0 unspecified atom stereocenters. The molecule has 1 N–H and O–H groups in total. The Balaban J connectivity index is 1.77. The number of rotatable bonds is 9. The van der Waals surface area contributed by atoms with Crippen LogP contribution in [-0.4, -0.2) is 50.1 Å². The van der Waals surface area contributed by atoms with E-state index in [1.807, 2.05) is 49.4 Å². The molecule has 0 bridgehead atoms. The molecule has 0 aliphatic rings. The largest absolute Gasteiger partial charge is 0.497 e. The monoisotopic (exact) mass is 370 g/mol. The SMILES string of the molecule is COc1ccc(OCCN(CCNC(=O)c2ccccc2C)C(C)=O)cc1. The number of amides is 2. The van der Waals surface area contributed by atoms with Gasteiger partial charge in [-0.1, -0.05) is 18.2 Å². The van der Waals surface area contributed by atoms with Gasteiger partial charge in [0, 0.05) is 25.6 Å². The molecule has 2 amide bonds. The van der Waals surface area contributed by atoms with Gasteiger partial charge in [0.25, 0.3) is 5.91 Å². The van der Waals surface area contributed by atoms with Crippen LogP contribution in [0, 0.1) is 6.92 Å². The van der Waals surface area contributed by atoms with Crippen molar-refractivity contribution in [3.63, 3.8) is 0 Å². The molecule has 144 valence electrons. The van der Waals surface area contributed by atoms with Crippen molar-refractivity contribution in [1.82, 2.24) is 10.2 Å². The molecule has 0 spiro atoms. The number of benzene rings is 2. The summed E-state index contributed by atoms with van der Waals surface area (Å²) in [6, 6.07) is 14.7. The van der Waals surface area contributed by atoms with Crippen LogP contribution < -0.4 is 14.8 Å². The van der Waals surface area contributed by atoms with Gasteiger partial charge in [-0.2, -0.15) is 0 Å². The van der Waals surface area contributed by atoms with Gasteiger partial charge in [0.05, 0.1) is 13.7 Å². The minimum atomic E-state index is -0.133. The second-order valence-electron chi connectivity index (χ2n) is 6.10. The lowest BCUT2D eigenvalue weighted by molar-refractivity contribution is -0.129. The first-order valence-corrected chi connectivity index (χ1v) is 8.87. The lowest BCUT2D eigenvalue weighted by Gasteiger charge is -2.21. The van der Waals surface area contributed by atoms with Gasteiger partial charge in [-0.3, -0.25) is 9.59 Å². The molecule has 2 aromatic rings. The number of carbonyl (C=O) groups excluding carboxylic acids is 2. The Labute approximate surface area is 160 Å². The Bertz CT molecular complexity index is 759. The molecule has 27 heavy (non-hydrogen) atoms. The third-order valence-corrected chi connectivity index (χ3v) is 4.19. The van der Waals surface area contributed by atoms with E-state index in [-0.39, 0.29) is 11.8 Å². The molecule has 6 heteroatoms. The van der Waals surface area contributed by atoms with Crippen LogP contribution in [0.1, 0.15) is 22.8 Å². The van der Waals surface area contributed by atoms with Gasteiger partial charge in [0.2, 0.25) is 5.91 Å². The molecule has 0 aliphatic heterocycles. The number of nitrogens with one attached hydrogen (secondary N) is 1. The van der Waals surface area contributed by atoms with Gasteiger partial charge in [-0.25, -0.2) is 0 Å². The summed E-state index contributed by atoms with van der Waals surface area (Å²) in [4.78, 5) is 25.7. The Hall–Kier alpha value is -3.02. The highest BCUT2D eigenvalue weighted by Gasteiger charge is 2.11. The fraction of sp³-hybridized carbons (Fsp3) is 0.333. The third-order valence-electron chi connectivity index (χ3n) is 4.19. The molecule has 2 aromatic carbocycles. The average molecular weight is 370 g/mol. The highest BCUT2D eigenvalue weighted by molar-refractivity contribution is 5.95. The highest BCUT2D eigenvalue weighted by atomic mass is 16.5. The number of aryl methyl sites for hydroxylation is 1. The Morgan fingerprint density at radius 3 is 2.30 bits per heavy atom. The first kappa shape index (κ1) is 20.3. The van der Waals surface area contributed by atoms with Crippen molar-refractivity contribution in [3.05, 3.63) is 59.7 Å². The lowest BCUT2D eigenvalue weighted by Crippen LogP contribution is -2.39. The minimum absolute atomic E-state index is 0.0570. The minimum Gasteiger partial charge on any atom is -0.497 e. The maximum atomic E-state index is 12.2. The van der Waals surface area contributed by atoms with Crippen LogP contribution in [0.15, 0.2) is 48.5 Å². The van der Waals surface area contributed by atoms with E-state index >= 15 is 0 Å². The zero-order chi connectivity index (χ0) is 19.6. The zero-order valence-corrected chi connectivity index (χ0v) is 16.0. The normalized spacial score (nSPS) is 10.2. The smallest absolute Gasteiger partial charge is 0.251 e. The topological polar surface area (TPSA) is 67.9 Å². The van der Waals surface area contributed by atoms with Crippen LogP contribution in [-0.2, 0) is 4.79 Å². The second-order valence-corrected chi connectivity index (χ2v) is 6.10. The van der Waals surface area contributed by atoms with E-state index < -0.39 is 0 Å². The van der Waals surface area contributed by atoms with E-state index in [1.54, 1.807) is 18.1 Å². The van der Waals surface area contributed by atoms with Crippen LogP contribution >= 0.6 is 0 Å². The van der Waals surface area contributed by atoms with E-state index in [9.17, 15) is 9.59 Å². The molecule has 0 aliphatic carbocycles. The van der Waals surface area contributed by atoms with Gasteiger partial charge < -0.3 is 19.7 Å². The molecule has 2 rings (SSSR count). The number of hydrogen-bond acceptors (Lipinski definition) is 4. The highest BCUT2D eigenvalue weighted by Crippen LogP contribution is 2.16. The maximum absolute atomic E-state index is 12.2. The van der Waals surface area contributed by atoms with Crippen molar-refractivity contribution < 1.29 is 19.1 Å². The van der Waals surface area contributed by atoms with Crippen LogP contribution in [0.5, 0.6) is 11.5 Å². The van der Waals surface area contributed by atoms with Crippen molar-refractivity contribution in [2.45, 2.75) is 13.8 Å². The van der Waals surface area contributed by atoms with Crippen molar-refractivity contribution in [2.75, 3.05) is 33.4 Å². The molecular formula is C21H26N2O4. The first-order valence-electron chi connectivity index (χ1n) is 8.87. The maximum Gasteiger partial charge on any atom is 0.251 e. The number of hydrogen-bond donors (Lipinski definition) is 1. The second kappa shape index (κ2) is 10.2. The fourth-order valence-electron chi connectivity index (χ4n) is 2.60. The number of methoxy groups -OCH3 is 1. The van der Waals surface area contributed by atoms with E-state index in [4.69, 9.17) is 9.47 Å². The molecule has 0 heterocycles. The van der Waals surface area contributed by atoms with Crippen molar-refractivity contribution >= 4 is 11.8 Å². The summed E-state index contributed by atoms with van der Waals surface area (Å²) in [5, 5.41) is 2.86. The van der Waals surface area contributed by atoms with Gasteiger partial charge in [0.1, 0.15) is 18.1 Å². The lowest BCUT2D eigenvalue weighted by atomic mass is 10.1. The summed E-state index contributed by atoms with van der Waals surface area (Å²) >= 11 is 0. The van der Waals surface area contributed by atoms with Crippen LogP contribution in [0.2, 0.25) is 0 Å². The van der Waals surface area contributed by atoms with E-state index in [0.717, 1.165) is 11.3 Å². The number of nitrogens with zero attached hydrogens (tertiary/aromatic N) is 1. The molecule has 6 nitrogen and oxygen atoms in total. The third kappa shape index (κ3) is 6.33. The number of carbonyl (C=O) groups is 2. The number of ether oxygens (including phenoxy) is 2. The summed E-state index contributed by atoms with van der Waals surface area (Å²) in [7, 11) is 1.61.